The van der Waals surface area contributed by atoms with Crippen molar-refractivity contribution in [2.24, 2.45) is 0 Å². The SMILES string of the molecule is Cc1ccc(S(=O)(=O)N2CCC[C@H]2C(=O)OCC(=O)OC(C)C)cc1. The quantitative estimate of drug-likeness (QED) is 0.708. The van der Waals surface area contributed by atoms with Gasteiger partial charge >= 0.3 is 11.9 Å². The molecule has 0 radical (unpaired) electrons. The van der Waals surface area contributed by atoms with Gasteiger partial charge in [-0.2, -0.15) is 4.31 Å². The van der Waals surface area contributed by atoms with Crippen molar-refractivity contribution in [1.29, 1.82) is 0 Å². The van der Waals surface area contributed by atoms with Gasteiger partial charge in [0.05, 0.1) is 11.0 Å². The van der Waals surface area contributed by atoms with Crippen LogP contribution in [0.3, 0.4) is 0 Å². The smallest absolute Gasteiger partial charge is 0.344 e. The first kappa shape index (κ1) is 19.4. The number of aryl methyl sites for hydroxylation is 1. The van der Waals surface area contributed by atoms with Crippen LogP contribution in [-0.4, -0.2) is 50.0 Å². The molecule has 1 aromatic rings. The van der Waals surface area contributed by atoms with Crippen LogP contribution in [0.15, 0.2) is 29.2 Å². The summed E-state index contributed by atoms with van der Waals surface area (Å²) in [4.78, 5) is 23.9. The molecule has 1 saturated heterocycles. The number of carbonyl (C=O) groups is 2. The fourth-order valence-corrected chi connectivity index (χ4v) is 4.28. The molecule has 1 aliphatic rings. The molecule has 0 unspecified atom stereocenters. The summed E-state index contributed by atoms with van der Waals surface area (Å²) in [7, 11) is -3.79. The summed E-state index contributed by atoms with van der Waals surface area (Å²) in [5, 5.41) is 0. The first-order chi connectivity index (χ1) is 11.7. The number of hydrogen-bond acceptors (Lipinski definition) is 6. The van der Waals surface area contributed by atoms with E-state index in [0.29, 0.717) is 12.8 Å². The number of sulfonamides is 1. The lowest BCUT2D eigenvalue weighted by Crippen LogP contribution is -2.41. The van der Waals surface area contributed by atoms with Gasteiger partial charge in [0, 0.05) is 6.54 Å². The Kier molecular flexibility index (Phi) is 6.18. The molecule has 8 heteroatoms. The number of carbonyl (C=O) groups excluding carboxylic acids is 2. The van der Waals surface area contributed by atoms with Crippen molar-refractivity contribution in [3.63, 3.8) is 0 Å². The molecule has 1 aliphatic heterocycles. The Labute approximate surface area is 148 Å². The second-order valence-corrected chi connectivity index (χ2v) is 8.12. The number of nitrogens with zero attached hydrogens (tertiary/aromatic N) is 1. The minimum absolute atomic E-state index is 0.136. The van der Waals surface area contributed by atoms with Gasteiger partial charge in [0.1, 0.15) is 6.04 Å². The number of ether oxygens (including phenoxy) is 2. The summed E-state index contributed by atoms with van der Waals surface area (Å²) in [6.07, 6.45) is 0.612. The lowest BCUT2D eigenvalue weighted by atomic mass is 10.2. The van der Waals surface area contributed by atoms with Crippen LogP contribution in [0.25, 0.3) is 0 Å². The van der Waals surface area contributed by atoms with Crippen molar-refractivity contribution < 1.29 is 27.5 Å². The Bertz CT molecular complexity index is 726. The van der Waals surface area contributed by atoms with E-state index in [1.165, 1.54) is 12.1 Å². The van der Waals surface area contributed by atoms with Gasteiger partial charge in [-0.05, 0) is 45.7 Å². The highest BCUT2D eigenvalue weighted by molar-refractivity contribution is 7.89. The summed E-state index contributed by atoms with van der Waals surface area (Å²) in [6.45, 7) is 4.96. The van der Waals surface area contributed by atoms with Crippen LogP contribution in [0.4, 0.5) is 0 Å². The Morgan fingerprint density at radius 1 is 1.24 bits per heavy atom. The van der Waals surface area contributed by atoms with Gasteiger partial charge in [-0.25, -0.2) is 13.2 Å². The molecular weight excluding hydrogens is 346 g/mol. The van der Waals surface area contributed by atoms with Crippen molar-refractivity contribution >= 4 is 22.0 Å². The highest BCUT2D eigenvalue weighted by Gasteiger charge is 2.40. The minimum Gasteiger partial charge on any atom is -0.460 e. The lowest BCUT2D eigenvalue weighted by Gasteiger charge is -2.22. The zero-order valence-corrected chi connectivity index (χ0v) is 15.4. The molecular formula is C17H23NO6S. The molecule has 0 aliphatic carbocycles. The summed E-state index contributed by atoms with van der Waals surface area (Å²) in [5.41, 5.74) is 0.944. The lowest BCUT2D eigenvalue weighted by molar-refractivity contribution is -0.162. The van der Waals surface area contributed by atoms with E-state index in [1.54, 1.807) is 26.0 Å². The Morgan fingerprint density at radius 2 is 1.88 bits per heavy atom. The molecule has 0 saturated carbocycles. The Morgan fingerprint density at radius 3 is 2.48 bits per heavy atom. The fraction of sp³-hybridized carbons (Fsp3) is 0.529. The number of rotatable bonds is 6. The molecule has 2 rings (SSSR count). The van der Waals surface area contributed by atoms with Gasteiger partial charge in [0.15, 0.2) is 6.61 Å². The van der Waals surface area contributed by atoms with Crippen molar-refractivity contribution in [2.75, 3.05) is 13.2 Å². The van der Waals surface area contributed by atoms with Crippen molar-refractivity contribution in [3.05, 3.63) is 29.8 Å². The van der Waals surface area contributed by atoms with Crippen LogP contribution in [0.1, 0.15) is 32.3 Å². The molecule has 7 nitrogen and oxygen atoms in total. The predicted octanol–water partition coefficient (Wildman–Crippen LogP) is 1.64. The van der Waals surface area contributed by atoms with E-state index >= 15 is 0 Å². The molecule has 138 valence electrons. The van der Waals surface area contributed by atoms with Crippen LogP contribution in [0.5, 0.6) is 0 Å². The molecule has 1 aromatic carbocycles. The molecule has 0 bridgehead atoms. The zero-order valence-electron chi connectivity index (χ0n) is 14.6. The average Bonchev–Trinajstić information content (AvgIpc) is 3.03. The van der Waals surface area contributed by atoms with Crippen molar-refractivity contribution in [1.82, 2.24) is 4.31 Å². The number of benzene rings is 1. The largest absolute Gasteiger partial charge is 0.460 e. The van der Waals surface area contributed by atoms with E-state index in [4.69, 9.17) is 9.47 Å². The van der Waals surface area contributed by atoms with Gasteiger partial charge in [-0.3, -0.25) is 4.79 Å². The Hall–Kier alpha value is -1.93. The van der Waals surface area contributed by atoms with E-state index in [1.807, 2.05) is 6.92 Å². The van der Waals surface area contributed by atoms with E-state index in [2.05, 4.69) is 0 Å². The third-order valence-corrected chi connectivity index (χ3v) is 5.73. The highest BCUT2D eigenvalue weighted by Crippen LogP contribution is 2.27. The third-order valence-electron chi connectivity index (χ3n) is 3.80. The van der Waals surface area contributed by atoms with E-state index in [9.17, 15) is 18.0 Å². The maximum atomic E-state index is 12.8. The Balaban J connectivity index is 2.07. The molecule has 1 heterocycles. The average molecular weight is 369 g/mol. The van der Waals surface area contributed by atoms with Crippen LogP contribution < -0.4 is 0 Å². The first-order valence-corrected chi connectivity index (χ1v) is 9.60. The van der Waals surface area contributed by atoms with Gasteiger partial charge in [-0.1, -0.05) is 17.7 Å². The summed E-state index contributed by atoms with van der Waals surface area (Å²) < 4.78 is 36.5. The van der Waals surface area contributed by atoms with Crippen LogP contribution in [-0.2, 0) is 29.1 Å². The molecule has 1 atom stereocenters. The summed E-state index contributed by atoms with van der Waals surface area (Å²) in [6, 6.07) is 5.53. The first-order valence-electron chi connectivity index (χ1n) is 8.16. The van der Waals surface area contributed by atoms with Crippen LogP contribution in [0, 0.1) is 6.92 Å². The van der Waals surface area contributed by atoms with E-state index in [-0.39, 0.29) is 17.5 Å². The maximum Gasteiger partial charge on any atom is 0.344 e. The van der Waals surface area contributed by atoms with Gasteiger partial charge in [-0.15, -0.1) is 0 Å². The molecule has 0 aromatic heterocycles. The normalized spacial score (nSPS) is 18.3. The fourth-order valence-electron chi connectivity index (χ4n) is 2.63. The maximum absolute atomic E-state index is 12.8. The second kappa shape index (κ2) is 7.97. The van der Waals surface area contributed by atoms with Crippen LogP contribution >= 0.6 is 0 Å². The van der Waals surface area contributed by atoms with Gasteiger partial charge in [0.25, 0.3) is 0 Å². The van der Waals surface area contributed by atoms with Crippen molar-refractivity contribution in [3.8, 4) is 0 Å². The standard InChI is InChI=1S/C17H23NO6S/c1-12(2)24-16(19)11-23-17(20)15-5-4-10-18(15)25(21,22)14-8-6-13(3)7-9-14/h6-9,12,15H,4-5,10-11H2,1-3H3/t15-/m0/s1. The molecule has 0 amide bonds. The van der Waals surface area contributed by atoms with Crippen molar-refractivity contribution in [2.45, 2.75) is 50.7 Å². The summed E-state index contributed by atoms with van der Waals surface area (Å²) >= 11 is 0. The molecule has 25 heavy (non-hydrogen) atoms. The molecule has 0 spiro atoms. The third kappa shape index (κ3) is 4.79. The monoisotopic (exact) mass is 369 g/mol. The van der Waals surface area contributed by atoms with Gasteiger partial charge < -0.3 is 9.47 Å². The molecule has 1 fully saturated rings. The molecule has 0 N–H and O–H groups in total. The zero-order chi connectivity index (χ0) is 18.6. The van der Waals surface area contributed by atoms with E-state index < -0.39 is 34.6 Å². The highest BCUT2D eigenvalue weighted by atomic mass is 32.2. The predicted molar refractivity (Wildman–Crippen MR) is 90.3 cm³/mol. The van der Waals surface area contributed by atoms with Crippen LogP contribution in [0.2, 0.25) is 0 Å². The topological polar surface area (TPSA) is 90.0 Å². The number of esters is 2. The van der Waals surface area contributed by atoms with E-state index in [0.717, 1.165) is 9.87 Å². The number of hydrogen-bond donors (Lipinski definition) is 0. The summed E-state index contributed by atoms with van der Waals surface area (Å²) in [5.74, 6) is -1.39. The minimum atomic E-state index is -3.79. The van der Waals surface area contributed by atoms with Gasteiger partial charge in [0.2, 0.25) is 10.0 Å². The second-order valence-electron chi connectivity index (χ2n) is 6.23.